The smallest absolute Gasteiger partial charge is 0.373 e. The van der Waals surface area contributed by atoms with Crippen molar-refractivity contribution in [3.8, 4) is 0 Å². The highest BCUT2D eigenvalue weighted by Gasteiger charge is 2.11. The minimum atomic E-state index is -0.624. The Kier molecular flexibility index (Phi) is 5.54. The molecular formula is C16H12ClFO5. The van der Waals surface area contributed by atoms with E-state index in [1.807, 2.05) is 0 Å². The Hall–Kier alpha value is -2.60. The van der Waals surface area contributed by atoms with Gasteiger partial charge in [0.15, 0.2) is 0 Å². The van der Waals surface area contributed by atoms with Crippen molar-refractivity contribution in [1.82, 2.24) is 0 Å². The van der Waals surface area contributed by atoms with Crippen molar-refractivity contribution in [1.29, 1.82) is 0 Å². The number of ether oxygens (including phenoxy) is 2. The number of benzene rings is 1. The van der Waals surface area contributed by atoms with Crippen LogP contribution < -0.4 is 0 Å². The van der Waals surface area contributed by atoms with Gasteiger partial charge in [0.1, 0.15) is 18.2 Å². The molecule has 0 aliphatic carbocycles. The summed E-state index contributed by atoms with van der Waals surface area (Å²) < 4.78 is 27.6. The summed E-state index contributed by atoms with van der Waals surface area (Å²) in [5, 5.41) is -0.0357. The van der Waals surface area contributed by atoms with Crippen molar-refractivity contribution in [2.45, 2.75) is 6.61 Å². The number of hydrogen-bond donors (Lipinski definition) is 0. The minimum absolute atomic E-state index is 0.0232. The van der Waals surface area contributed by atoms with Crippen molar-refractivity contribution in [2.24, 2.45) is 0 Å². The lowest BCUT2D eigenvalue weighted by Crippen LogP contribution is -2.01. The van der Waals surface area contributed by atoms with Crippen LogP contribution in [0.1, 0.15) is 21.9 Å². The van der Waals surface area contributed by atoms with Gasteiger partial charge in [-0.05, 0) is 35.9 Å². The third-order valence-corrected chi connectivity index (χ3v) is 3.05. The number of hydrogen-bond acceptors (Lipinski definition) is 5. The summed E-state index contributed by atoms with van der Waals surface area (Å²) in [6.07, 6.45) is 2.61. The molecule has 7 heteroatoms. The highest BCUT2D eigenvalue weighted by atomic mass is 35.5. The number of carbonyl (C=O) groups is 2. The van der Waals surface area contributed by atoms with E-state index in [2.05, 4.69) is 4.74 Å². The minimum Gasteiger partial charge on any atom is -0.463 e. The molecule has 0 N–H and O–H groups in total. The highest BCUT2D eigenvalue weighted by molar-refractivity contribution is 6.30. The van der Waals surface area contributed by atoms with E-state index in [9.17, 15) is 14.0 Å². The van der Waals surface area contributed by atoms with Crippen LogP contribution in [0.2, 0.25) is 5.02 Å². The number of carbonyl (C=O) groups excluding carboxylic acids is 2. The standard InChI is InChI=1S/C16H12ClFO5/c1-21-16(20)14-6-4-11(23-14)9-22-15(19)7-3-10-2-5-13(18)12(17)8-10/h2-8H,9H2,1H3/b7-3+. The highest BCUT2D eigenvalue weighted by Crippen LogP contribution is 2.17. The van der Waals surface area contributed by atoms with Crippen molar-refractivity contribution in [3.63, 3.8) is 0 Å². The molecule has 120 valence electrons. The van der Waals surface area contributed by atoms with Crippen LogP contribution >= 0.6 is 11.6 Å². The average molecular weight is 339 g/mol. The Labute approximate surface area is 136 Å². The van der Waals surface area contributed by atoms with Crippen LogP contribution in [0.5, 0.6) is 0 Å². The van der Waals surface area contributed by atoms with Crippen LogP contribution in [-0.2, 0) is 20.9 Å². The van der Waals surface area contributed by atoms with Crippen molar-refractivity contribution in [3.05, 3.63) is 64.3 Å². The molecule has 0 bridgehead atoms. The Balaban J connectivity index is 1.89. The number of methoxy groups -OCH3 is 1. The van der Waals surface area contributed by atoms with Gasteiger partial charge in [-0.25, -0.2) is 14.0 Å². The summed E-state index contributed by atoms with van der Waals surface area (Å²) in [5.41, 5.74) is 0.555. The van der Waals surface area contributed by atoms with Crippen molar-refractivity contribution in [2.75, 3.05) is 7.11 Å². The number of furan rings is 1. The van der Waals surface area contributed by atoms with Gasteiger partial charge in [0.25, 0.3) is 0 Å². The molecule has 0 aliphatic rings. The Morgan fingerprint density at radius 1 is 1.30 bits per heavy atom. The molecule has 0 fully saturated rings. The predicted octanol–water partition coefficient (Wildman–Crippen LogP) is 3.62. The van der Waals surface area contributed by atoms with E-state index in [0.29, 0.717) is 11.3 Å². The Bertz CT molecular complexity index is 751. The van der Waals surface area contributed by atoms with Gasteiger partial charge in [0.2, 0.25) is 5.76 Å². The molecule has 0 aliphatic heterocycles. The Morgan fingerprint density at radius 3 is 2.78 bits per heavy atom. The van der Waals surface area contributed by atoms with E-state index in [0.717, 1.165) is 0 Å². The fraction of sp³-hybridized carbons (Fsp3) is 0.125. The molecule has 23 heavy (non-hydrogen) atoms. The van der Waals surface area contributed by atoms with Gasteiger partial charge in [-0.15, -0.1) is 0 Å². The molecule has 0 spiro atoms. The largest absolute Gasteiger partial charge is 0.463 e. The van der Waals surface area contributed by atoms with Crippen LogP contribution in [0.25, 0.3) is 6.08 Å². The zero-order chi connectivity index (χ0) is 16.8. The maximum atomic E-state index is 13.0. The Morgan fingerprint density at radius 2 is 2.09 bits per heavy atom. The first-order valence-electron chi connectivity index (χ1n) is 6.46. The number of rotatable bonds is 5. The lowest BCUT2D eigenvalue weighted by Gasteiger charge is -1.99. The molecule has 0 saturated carbocycles. The fourth-order valence-corrected chi connectivity index (χ4v) is 1.83. The topological polar surface area (TPSA) is 65.7 Å². The van der Waals surface area contributed by atoms with Gasteiger partial charge in [0, 0.05) is 6.08 Å². The maximum Gasteiger partial charge on any atom is 0.373 e. The van der Waals surface area contributed by atoms with Gasteiger partial charge in [-0.3, -0.25) is 0 Å². The van der Waals surface area contributed by atoms with Crippen LogP contribution in [-0.4, -0.2) is 19.0 Å². The van der Waals surface area contributed by atoms with E-state index >= 15 is 0 Å². The van der Waals surface area contributed by atoms with Crippen molar-refractivity contribution >= 4 is 29.6 Å². The van der Waals surface area contributed by atoms with E-state index in [1.165, 1.54) is 49.6 Å². The van der Waals surface area contributed by atoms with Crippen LogP contribution in [0.4, 0.5) is 4.39 Å². The van der Waals surface area contributed by atoms with Crippen molar-refractivity contribution < 1.29 is 27.9 Å². The molecule has 0 atom stereocenters. The first-order chi connectivity index (χ1) is 11.0. The van der Waals surface area contributed by atoms with E-state index in [1.54, 1.807) is 0 Å². The summed E-state index contributed by atoms with van der Waals surface area (Å²) in [5.74, 6) is -1.45. The first kappa shape index (κ1) is 16.8. The molecule has 0 amide bonds. The lowest BCUT2D eigenvalue weighted by molar-refractivity contribution is -0.139. The molecule has 1 aromatic heterocycles. The second-order valence-electron chi connectivity index (χ2n) is 4.37. The summed E-state index contributed by atoms with van der Waals surface area (Å²) in [4.78, 5) is 22.8. The van der Waals surface area contributed by atoms with E-state index in [-0.39, 0.29) is 17.4 Å². The van der Waals surface area contributed by atoms with Crippen LogP contribution in [0.3, 0.4) is 0 Å². The quantitative estimate of drug-likeness (QED) is 0.615. The number of halogens is 2. The zero-order valence-corrected chi connectivity index (χ0v) is 12.8. The SMILES string of the molecule is COC(=O)c1ccc(COC(=O)/C=C/c2ccc(F)c(Cl)c2)o1. The molecule has 2 aromatic rings. The van der Waals surface area contributed by atoms with Gasteiger partial charge in [0.05, 0.1) is 12.1 Å². The van der Waals surface area contributed by atoms with Crippen LogP contribution in [0, 0.1) is 5.82 Å². The molecule has 2 rings (SSSR count). The van der Waals surface area contributed by atoms with Gasteiger partial charge in [-0.1, -0.05) is 17.7 Å². The lowest BCUT2D eigenvalue weighted by atomic mass is 10.2. The summed E-state index contributed by atoms with van der Waals surface area (Å²) in [6, 6.07) is 6.98. The van der Waals surface area contributed by atoms with E-state index < -0.39 is 17.8 Å². The number of esters is 2. The maximum absolute atomic E-state index is 13.0. The summed E-state index contributed by atoms with van der Waals surface area (Å²) in [6.45, 7) is -0.135. The molecule has 1 aromatic carbocycles. The normalized spacial score (nSPS) is 10.7. The first-order valence-corrected chi connectivity index (χ1v) is 6.84. The molecule has 0 radical (unpaired) electrons. The zero-order valence-electron chi connectivity index (χ0n) is 12.0. The van der Waals surface area contributed by atoms with Crippen LogP contribution in [0.15, 0.2) is 40.8 Å². The molecular weight excluding hydrogens is 327 g/mol. The third kappa shape index (κ3) is 4.69. The summed E-state index contributed by atoms with van der Waals surface area (Å²) in [7, 11) is 1.23. The van der Waals surface area contributed by atoms with E-state index in [4.69, 9.17) is 20.8 Å². The average Bonchev–Trinajstić information content (AvgIpc) is 3.02. The monoisotopic (exact) mass is 338 g/mol. The predicted molar refractivity (Wildman–Crippen MR) is 80.3 cm³/mol. The molecule has 0 saturated heterocycles. The fourth-order valence-electron chi connectivity index (χ4n) is 1.64. The molecule has 0 unspecified atom stereocenters. The van der Waals surface area contributed by atoms with Gasteiger partial charge < -0.3 is 13.9 Å². The second kappa shape index (κ2) is 7.60. The summed E-state index contributed by atoms with van der Waals surface area (Å²) >= 11 is 5.63. The van der Waals surface area contributed by atoms with Gasteiger partial charge >= 0.3 is 11.9 Å². The molecule has 5 nitrogen and oxygen atoms in total. The molecule has 1 heterocycles. The third-order valence-electron chi connectivity index (χ3n) is 2.76. The second-order valence-corrected chi connectivity index (χ2v) is 4.78. The van der Waals surface area contributed by atoms with Gasteiger partial charge in [-0.2, -0.15) is 0 Å².